The number of hydroxylamine groups is 2. The second kappa shape index (κ2) is 4.59. The molecule has 0 aliphatic heterocycles. The molecule has 0 aliphatic carbocycles. The number of carbonyl (C=O) groups excluding carboxylic acids is 1. The molecular formula is C5H13NO2. The summed E-state index contributed by atoms with van der Waals surface area (Å²) in [5.74, 6) is -0.0949. The average molecular weight is 119 g/mol. The van der Waals surface area contributed by atoms with Crippen LogP contribution in [-0.2, 0) is 9.63 Å². The fraction of sp³-hybridized carbons (Fsp3) is 0.800. The summed E-state index contributed by atoms with van der Waals surface area (Å²) in [7, 11) is 3.00. The fourth-order valence-corrected chi connectivity index (χ4v) is 0.129. The molecule has 0 spiro atoms. The van der Waals surface area contributed by atoms with Crippen LogP contribution in [0.2, 0.25) is 0 Å². The Morgan fingerprint density at radius 3 is 2.00 bits per heavy atom. The minimum Gasteiger partial charge on any atom is -0.275 e. The van der Waals surface area contributed by atoms with Gasteiger partial charge in [-0.1, -0.05) is 7.43 Å². The molecule has 0 rings (SSSR count). The highest BCUT2D eigenvalue weighted by molar-refractivity contribution is 5.71. The third kappa shape index (κ3) is 3.61. The summed E-state index contributed by atoms with van der Waals surface area (Å²) in [5.41, 5.74) is 0. The topological polar surface area (TPSA) is 29.5 Å². The van der Waals surface area contributed by atoms with Crippen molar-refractivity contribution in [3.63, 3.8) is 0 Å². The minimum absolute atomic E-state index is 0. The Balaban J connectivity index is 0. The van der Waals surface area contributed by atoms with E-state index in [1.165, 1.54) is 14.0 Å². The molecule has 0 aliphatic rings. The zero-order chi connectivity index (χ0) is 5.86. The van der Waals surface area contributed by atoms with E-state index in [4.69, 9.17) is 0 Å². The lowest BCUT2D eigenvalue weighted by atomic mass is 10.7. The van der Waals surface area contributed by atoms with Crippen LogP contribution in [0, 0.1) is 0 Å². The number of amides is 1. The maximum absolute atomic E-state index is 10.2. The molecule has 0 bridgehead atoms. The highest BCUT2D eigenvalue weighted by atomic mass is 16.7. The molecule has 0 atom stereocenters. The third-order valence-corrected chi connectivity index (χ3v) is 0.717. The van der Waals surface area contributed by atoms with Crippen LogP contribution in [0.1, 0.15) is 14.4 Å². The van der Waals surface area contributed by atoms with E-state index >= 15 is 0 Å². The zero-order valence-corrected chi connectivity index (χ0v) is 4.76. The number of rotatable bonds is 1. The summed E-state index contributed by atoms with van der Waals surface area (Å²) in [5, 5.41) is 1.15. The predicted molar refractivity (Wildman–Crippen MR) is 32.2 cm³/mol. The summed E-state index contributed by atoms with van der Waals surface area (Å²) in [6.45, 7) is 1.43. The largest absolute Gasteiger partial charge is 0.275 e. The van der Waals surface area contributed by atoms with Gasteiger partial charge < -0.3 is 0 Å². The molecule has 0 heterocycles. The Morgan fingerprint density at radius 1 is 1.62 bits per heavy atom. The molecule has 0 N–H and O–H groups in total. The van der Waals surface area contributed by atoms with Gasteiger partial charge in [-0.05, 0) is 0 Å². The van der Waals surface area contributed by atoms with E-state index in [-0.39, 0.29) is 13.3 Å². The summed E-state index contributed by atoms with van der Waals surface area (Å²) >= 11 is 0. The van der Waals surface area contributed by atoms with Crippen LogP contribution in [0.4, 0.5) is 0 Å². The molecule has 0 fully saturated rings. The Morgan fingerprint density at radius 2 is 2.00 bits per heavy atom. The van der Waals surface area contributed by atoms with Gasteiger partial charge in [0, 0.05) is 14.0 Å². The second-order valence-corrected chi connectivity index (χ2v) is 1.20. The Kier molecular flexibility index (Phi) is 5.97. The standard InChI is InChI=1S/C4H9NO2.CH4/c1-4(6)5(2)7-3;/h1-3H3;1H4. The monoisotopic (exact) mass is 119 g/mol. The highest BCUT2D eigenvalue weighted by Crippen LogP contribution is 1.78. The first-order chi connectivity index (χ1) is 3.18. The van der Waals surface area contributed by atoms with Crippen molar-refractivity contribution in [1.82, 2.24) is 5.06 Å². The maximum Gasteiger partial charge on any atom is 0.242 e. The fourth-order valence-electron chi connectivity index (χ4n) is 0.129. The first-order valence-electron chi connectivity index (χ1n) is 1.97. The summed E-state index contributed by atoms with van der Waals surface area (Å²) in [4.78, 5) is 14.7. The van der Waals surface area contributed by atoms with Gasteiger partial charge in [0.1, 0.15) is 0 Å². The lowest BCUT2D eigenvalue weighted by molar-refractivity contribution is -0.165. The number of carbonyl (C=O) groups is 1. The first kappa shape index (κ1) is 10.4. The van der Waals surface area contributed by atoms with Gasteiger partial charge in [-0.2, -0.15) is 0 Å². The molecule has 3 heteroatoms. The van der Waals surface area contributed by atoms with Gasteiger partial charge >= 0.3 is 0 Å². The number of hydrogen-bond donors (Lipinski definition) is 0. The van der Waals surface area contributed by atoms with E-state index in [1.807, 2.05) is 0 Å². The molecule has 50 valence electrons. The van der Waals surface area contributed by atoms with Gasteiger partial charge in [-0.3, -0.25) is 9.63 Å². The van der Waals surface area contributed by atoms with Gasteiger partial charge in [-0.15, -0.1) is 0 Å². The molecule has 0 saturated heterocycles. The smallest absolute Gasteiger partial charge is 0.242 e. The average Bonchev–Trinajstić information content (AvgIpc) is 1.65. The maximum atomic E-state index is 10.2. The first-order valence-corrected chi connectivity index (χ1v) is 1.97. The Labute approximate surface area is 50.2 Å². The lowest BCUT2D eigenvalue weighted by Gasteiger charge is -2.08. The van der Waals surface area contributed by atoms with E-state index in [2.05, 4.69) is 4.84 Å². The van der Waals surface area contributed by atoms with Gasteiger partial charge in [0.15, 0.2) is 0 Å². The van der Waals surface area contributed by atoms with E-state index in [0.29, 0.717) is 0 Å². The van der Waals surface area contributed by atoms with Gasteiger partial charge in [-0.25, -0.2) is 5.06 Å². The molecule has 1 amide bonds. The third-order valence-electron chi connectivity index (χ3n) is 0.717. The van der Waals surface area contributed by atoms with Gasteiger partial charge in [0.05, 0.1) is 7.11 Å². The summed E-state index contributed by atoms with van der Waals surface area (Å²) in [6.07, 6.45) is 0. The molecule has 0 radical (unpaired) electrons. The molecule has 0 aromatic carbocycles. The van der Waals surface area contributed by atoms with Crippen molar-refractivity contribution in [2.75, 3.05) is 14.2 Å². The number of nitrogens with zero attached hydrogens (tertiary/aromatic N) is 1. The van der Waals surface area contributed by atoms with Gasteiger partial charge in [0.25, 0.3) is 0 Å². The summed E-state index contributed by atoms with van der Waals surface area (Å²) in [6, 6.07) is 0. The Bertz CT molecular complexity index is 72.8. The van der Waals surface area contributed by atoms with Crippen molar-refractivity contribution in [1.29, 1.82) is 0 Å². The predicted octanol–water partition coefficient (Wildman–Crippen LogP) is 0.662. The molecule has 0 aromatic rings. The second-order valence-electron chi connectivity index (χ2n) is 1.20. The highest BCUT2D eigenvalue weighted by Gasteiger charge is 1.94. The van der Waals surface area contributed by atoms with E-state index in [1.54, 1.807) is 7.05 Å². The van der Waals surface area contributed by atoms with Crippen LogP contribution in [0.3, 0.4) is 0 Å². The van der Waals surface area contributed by atoms with Crippen molar-refractivity contribution >= 4 is 5.91 Å². The number of hydrogen-bond acceptors (Lipinski definition) is 2. The normalized spacial score (nSPS) is 7.38. The molecule has 8 heavy (non-hydrogen) atoms. The van der Waals surface area contributed by atoms with Crippen LogP contribution >= 0.6 is 0 Å². The van der Waals surface area contributed by atoms with Crippen LogP contribution in [0.15, 0.2) is 0 Å². The van der Waals surface area contributed by atoms with Crippen LogP contribution in [0.25, 0.3) is 0 Å². The SMILES string of the molecule is C.CON(C)C(C)=O. The molecule has 0 unspecified atom stereocenters. The quantitative estimate of drug-likeness (QED) is 0.474. The van der Waals surface area contributed by atoms with Crippen molar-refractivity contribution in [3.05, 3.63) is 0 Å². The molecule has 3 nitrogen and oxygen atoms in total. The molecule has 0 aromatic heterocycles. The lowest BCUT2D eigenvalue weighted by Crippen LogP contribution is -2.21. The van der Waals surface area contributed by atoms with Crippen molar-refractivity contribution in [3.8, 4) is 0 Å². The van der Waals surface area contributed by atoms with E-state index in [0.717, 1.165) is 5.06 Å². The minimum atomic E-state index is -0.0949. The van der Waals surface area contributed by atoms with Crippen molar-refractivity contribution in [2.24, 2.45) is 0 Å². The van der Waals surface area contributed by atoms with Crippen LogP contribution in [0.5, 0.6) is 0 Å². The molecule has 0 saturated carbocycles. The molecular weight excluding hydrogens is 106 g/mol. The zero-order valence-electron chi connectivity index (χ0n) is 4.76. The van der Waals surface area contributed by atoms with Crippen molar-refractivity contribution in [2.45, 2.75) is 14.4 Å². The van der Waals surface area contributed by atoms with Crippen LogP contribution < -0.4 is 0 Å². The summed E-state index contributed by atoms with van der Waals surface area (Å²) < 4.78 is 0. The van der Waals surface area contributed by atoms with E-state index in [9.17, 15) is 4.79 Å². The van der Waals surface area contributed by atoms with Crippen LogP contribution in [-0.4, -0.2) is 25.1 Å². The van der Waals surface area contributed by atoms with Gasteiger partial charge in [0.2, 0.25) is 5.91 Å². The van der Waals surface area contributed by atoms with Crippen molar-refractivity contribution < 1.29 is 9.63 Å². The van der Waals surface area contributed by atoms with E-state index < -0.39 is 0 Å². The Hall–Kier alpha value is -0.570.